The highest BCUT2D eigenvalue weighted by Crippen LogP contribution is 2.32. The van der Waals surface area contributed by atoms with Crippen molar-refractivity contribution in [2.75, 3.05) is 6.79 Å². The number of hydrogen-bond donors (Lipinski definition) is 1. The summed E-state index contributed by atoms with van der Waals surface area (Å²) in [7, 11) is 0. The fraction of sp³-hybridized carbons (Fsp3) is 0.167. The van der Waals surface area contributed by atoms with Crippen LogP contribution < -0.4 is 14.8 Å². The average Bonchev–Trinajstić information content (AvgIpc) is 3.01. The highest BCUT2D eigenvalue weighted by molar-refractivity contribution is 5.92. The molecule has 0 radical (unpaired) electrons. The van der Waals surface area contributed by atoms with Crippen LogP contribution in [0.3, 0.4) is 0 Å². The summed E-state index contributed by atoms with van der Waals surface area (Å²) in [5.41, 5.74) is 1.97. The third-order valence-corrected chi connectivity index (χ3v) is 3.48. The Balaban J connectivity index is 1.62. The maximum Gasteiger partial charge on any atom is 0.244 e. The molecule has 1 aliphatic rings. The van der Waals surface area contributed by atoms with E-state index in [0.29, 0.717) is 5.75 Å². The molecule has 2 aromatic rings. The third-order valence-electron chi connectivity index (χ3n) is 3.48. The molecule has 22 heavy (non-hydrogen) atoms. The maximum absolute atomic E-state index is 12.0. The van der Waals surface area contributed by atoms with Crippen molar-refractivity contribution in [1.82, 2.24) is 5.32 Å². The molecule has 0 saturated heterocycles. The highest BCUT2D eigenvalue weighted by atomic mass is 16.7. The second-order valence-electron chi connectivity index (χ2n) is 5.09. The van der Waals surface area contributed by atoms with Crippen molar-refractivity contribution in [1.29, 1.82) is 0 Å². The number of amides is 1. The SMILES string of the molecule is C[C@H](NC(=O)/C=C/c1ccc2c(c1)OCO2)c1ccccc1. The summed E-state index contributed by atoms with van der Waals surface area (Å²) in [6.07, 6.45) is 3.28. The van der Waals surface area contributed by atoms with Crippen molar-refractivity contribution in [2.45, 2.75) is 13.0 Å². The molecule has 2 aromatic carbocycles. The summed E-state index contributed by atoms with van der Waals surface area (Å²) >= 11 is 0. The quantitative estimate of drug-likeness (QED) is 0.880. The molecule has 0 aromatic heterocycles. The topological polar surface area (TPSA) is 47.6 Å². The van der Waals surface area contributed by atoms with Crippen molar-refractivity contribution in [3.05, 3.63) is 65.7 Å². The van der Waals surface area contributed by atoms with Crippen LogP contribution in [0.15, 0.2) is 54.6 Å². The lowest BCUT2D eigenvalue weighted by Crippen LogP contribution is -2.24. The van der Waals surface area contributed by atoms with E-state index in [1.165, 1.54) is 6.08 Å². The van der Waals surface area contributed by atoms with Gasteiger partial charge in [-0.05, 0) is 36.3 Å². The Morgan fingerprint density at radius 3 is 2.73 bits per heavy atom. The van der Waals surface area contributed by atoms with Gasteiger partial charge in [0.15, 0.2) is 11.5 Å². The molecule has 0 saturated carbocycles. The molecule has 1 atom stereocenters. The smallest absolute Gasteiger partial charge is 0.244 e. The summed E-state index contributed by atoms with van der Waals surface area (Å²) < 4.78 is 10.6. The summed E-state index contributed by atoms with van der Waals surface area (Å²) in [5.74, 6) is 1.31. The Morgan fingerprint density at radius 2 is 1.91 bits per heavy atom. The molecule has 0 aliphatic carbocycles. The molecular weight excluding hydrogens is 278 g/mol. The Bertz CT molecular complexity index is 695. The summed E-state index contributed by atoms with van der Waals surface area (Å²) in [6, 6.07) is 15.4. The van der Waals surface area contributed by atoms with Gasteiger partial charge in [0.1, 0.15) is 0 Å². The van der Waals surface area contributed by atoms with E-state index < -0.39 is 0 Å². The average molecular weight is 295 g/mol. The van der Waals surface area contributed by atoms with Gasteiger partial charge in [0.2, 0.25) is 12.7 Å². The summed E-state index contributed by atoms with van der Waals surface area (Å²) in [5, 5.41) is 2.94. The van der Waals surface area contributed by atoms with Gasteiger partial charge >= 0.3 is 0 Å². The molecule has 0 fully saturated rings. The lowest BCUT2D eigenvalue weighted by atomic mass is 10.1. The molecule has 1 heterocycles. The molecule has 112 valence electrons. The fourth-order valence-electron chi connectivity index (χ4n) is 2.28. The van der Waals surface area contributed by atoms with Gasteiger partial charge < -0.3 is 14.8 Å². The molecule has 1 amide bonds. The monoisotopic (exact) mass is 295 g/mol. The van der Waals surface area contributed by atoms with Crippen molar-refractivity contribution in [3.8, 4) is 11.5 Å². The molecule has 4 heteroatoms. The molecule has 3 rings (SSSR count). The van der Waals surface area contributed by atoms with Crippen molar-refractivity contribution >= 4 is 12.0 Å². The van der Waals surface area contributed by atoms with Gasteiger partial charge in [0.25, 0.3) is 0 Å². The van der Waals surface area contributed by atoms with Crippen LogP contribution >= 0.6 is 0 Å². The van der Waals surface area contributed by atoms with Gasteiger partial charge in [0.05, 0.1) is 6.04 Å². The van der Waals surface area contributed by atoms with E-state index in [9.17, 15) is 4.79 Å². The Kier molecular flexibility index (Phi) is 4.10. The minimum absolute atomic E-state index is 0.0323. The van der Waals surface area contributed by atoms with E-state index in [-0.39, 0.29) is 18.7 Å². The molecule has 0 bridgehead atoms. The summed E-state index contributed by atoms with van der Waals surface area (Å²) in [6.45, 7) is 2.21. The molecule has 1 aliphatic heterocycles. The van der Waals surface area contributed by atoms with Crippen molar-refractivity contribution in [2.24, 2.45) is 0 Å². The first kappa shape index (κ1) is 14.2. The van der Waals surface area contributed by atoms with Crippen LogP contribution in [0.25, 0.3) is 6.08 Å². The lowest BCUT2D eigenvalue weighted by Gasteiger charge is -2.12. The van der Waals surface area contributed by atoms with Crippen molar-refractivity contribution in [3.63, 3.8) is 0 Å². The first-order chi connectivity index (χ1) is 10.7. The molecule has 1 N–H and O–H groups in total. The number of rotatable bonds is 4. The number of benzene rings is 2. The standard InChI is InChI=1S/C18H17NO3/c1-13(15-5-3-2-4-6-15)19-18(20)10-8-14-7-9-16-17(11-14)22-12-21-16/h2-11,13H,12H2,1H3,(H,19,20)/b10-8+/t13-/m0/s1. The van der Waals surface area contributed by atoms with Gasteiger partial charge in [-0.15, -0.1) is 0 Å². The minimum Gasteiger partial charge on any atom is -0.454 e. The molecule has 0 unspecified atom stereocenters. The third kappa shape index (κ3) is 3.28. The molecule has 0 spiro atoms. The number of carbonyl (C=O) groups excluding carboxylic acids is 1. The summed E-state index contributed by atoms with van der Waals surface area (Å²) in [4.78, 5) is 12.0. The zero-order chi connectivity index (χ0) is 15.4. The van der Waals surface area contributed by atoms with E-state index in [0.717, 1.165) is 16.9 Å². The normalized spacial score (nSPS) is 14.0. The zero-order valence-corrected chi connectivity index (χ0v) is 12.3. The van der Waals surface area contributed by atoms with Crippen LogP contribution in [0.4, 0.5) is 0 Å². The van der Waals surface area contributed by atoms with Gasteiger partial charge in [-0.1, -0.05) is 36.4 Å². The Morgan fingerprint density at radius 1 is 1.14 bits per heavy atom. The van der Waals surface area contributed by atoms with Crippen LogP contribution in [0.2, 0.25) is 0 Å². The number of nitrogens with one attached hydrogen (secondary N) is 1. The van der Waals surface area contributed by atoms with Gasteiger partial charge in [0, 0.05) is 6.08 Å². The van der Waals surface area contributed by atoms with Gasteiger partial charge in [-0.25, -0.2) is 0 Å². The highest BCUT2D eigenvalue weighted by Gasteiger charge is 2.12. The van der Waals surface area contributed by atoms with E-state index >= 15 is 0 Å². The number of ether oxygens (including phenoxy) is 2. The predicted octanol–water partition coefficient (Wildman–Crippen LogP) is 3.31. The lowest BCUT2D eigenvalue weighted by molar-refractivity contribution is -0.117. The van der Waals surface area contributed by atoms with Crippen LogP contribution in [0.1, 0.15) is 24.1 Å². The number of fused-ring (bicyclic) bond motifs is 1. The predicted molar refractivity (Wildman–Crippen MR) is 84.6 cm³/mol. The largest absolute Gasteiger partial charge is 0.454 e. The first-order valence-electron chi connectivity index (χ1n) is 7.15. The maximum atomic E-state index is 12.0. The first-order valence-corrected chi connectivity index (χ1v) is 7.15. The van der Waals surface area contributed by atoms with E-state index in [2.05, 4.69) is 5.32 Å². The van der Waals surface area contributed by atoms with Crippen LogP contribution in [-0.2, 0) is 4.79 Å². The Labute approximate surface area is 129 Å². The van der Waals surface area contributed by atoms with Crippen LogP contribution in [0.5, 0.6) is 11.5 Å². The van der Waals surface area contributed by atoms with Crippen LogP contribution in [0, 0.1) is 0 Å². The van der Waals surface area contributed by atoms with Crippen LogP contribution in [-0.4, -0.2) is 12.7 Å². The van der Waals surface area contributed by atoms with E-state index in [1.54, 1.807) is 6.08 Å². The second kappa shape index (κ2) is 6.35. The number of hydrogen-bond acceptors (Lipinski definition) is 3. The van der Waals surface area contributed by atoms with Crippen molar-refractivity contribution < 1.29 is 14.3 Å². The van der Waals surface area contributed by atoms with Gasteiger partial charge in [-0.3, -0.25) is 4.79 Å². The fourth-order valence-corrected chi connectivity index (χ4v) is 2.28. The number of carbonyl (C=O) groups is 1. The minimum atomic E-state index is -0.131. The van der Waals surface area contributed by atoms with Gasteiger partial charge in [-0.2, -0.15) is 0 Å². The molecule has 4 nitrogen and oxygen atoms in total. The molecular formula is C18H17NO3. The zero-order valence-electron chi connectivity index (χ0n) is 12.3. The second-order valence-corrected chi connectivity index (χ2v) is 5.09. The van der Waals surface area contributed by atoms with E-state index in [4.69, 9.17) is 9.47 Å². The Hall–Kier alpha value is -2.75. The van der Waals surface area contributed by atoms with E-state index in [1.807, 2.05) is 55.5 Å².